The largest absolute Gasteiger partial charge is 0.478 e. The number of nitrogens with one attached hydrogen (secondary N) is 1. The number of rotatable bonds is 4. The zero-order valence-corrected chi connectivity index (χ0v) is 9.48. The molecule has 0 radical (unpaired) electrons. The quantitative estimate of drug-likeness (QED) is 0.833. The van der Waals surface area contributed by atoms with E-state index in [2.05, 4.69) is 5.32 Å². The molecule has 0 aliphatic heterocycles. The molecule has 0 heterocycles. The number of hydrogen-bond acceptors (Lipinski definition) is 2. The van der Waals surface area contributed by atoms with Gasteiger partial charge in [0.1, 0.15) is 0 Å². The molecule has 1 fully saturated rings. The Labute approximate surface area is 99.6 Å². The third-order valence-electron chi connectivity index (χ3n) is 3.14. The van der Waals surface area contributed by atoms with Crippen molar-refractivity contribution in [1.82, 2.24) is 5.32 Å². The van der Waals surface area contributed by atoms with Crippen LogP contribution < -0.4 is 5.32 Å². The molecule has 1 aliphatic carbocycles. The lowest BCUT2D eigenvalue weighted by molar-refractivity contribution is -0.127. The van der Waals surface area contributed by atoms with Crippen molar-refractivity contribution in [2.45, 2.75) is 25.8 Å². The van der Waals surface area contributed by atoms with Crippen LogP contribution in [0.5, 0.6) is 0 Å². The monoisotopic (exact) mass is 233 g/mol. The first-order valence-corrected chi connectivity index (χ1v) is 5.77. The van der Waals surface area contributed by atoms with E-state index >= 15 is 0 Å². The van der Waals surface area contributed by atoms with Gasteiger partial charge in [0.2, 0.25) is 5.91 Å². The first-order valence-electron chi connectivity index (χ1n) is 5.77. The Bertz CT molecular complexity index is 421. The molecule has 17 heavy (non-hydrogen) atoms. The van der Waals surface area contributed by atoms with Crippen LogP contribution in [0.25, 0.3) is 0 Å². The van der Waals surface area contributed by atoms with Gasteiger partial charge < -0.3 is 10.4 Å². The number of hydrogen-bond donors (Lipinski definition) is 2. The van der Waals surface area contributed by atoms with E-state index < -0.39 is 5.97 Å². The Morgan fingerprint density at radius 1 is 1.24 bits per heavy atom. The van der Waals surface area contributed by atoms with Crippen LogP contribution in [0.15, 0.2) is 24.3 Å². The number of carbonyl (C=O) groups excluding carboxylic acids is 1. The van der Waals surface area contributed by atoms with Gasteiger partial charge in [-0.15, -0.1) is 0 Å². The second-order valence-corrected chi connectivity index (χ2v) is 4.35. The predicted molar refractivity (Wildman–Crippen MR) is 62.6 cm³/mol. The standard InChI is InChI=1S/C13H15NO3/c15-12(10-2-1-3-10)14-8-9-4-6-11(7-5-9)13(16)17/h4-7,10H,1-3,8H2,(H,14,15)(H,16,17). The van der Waals surface area contributed by atoms with E-state index in [0.29, 0.717) is 6.54 Å². The molecule has 2 N–H and O–H groups in total. The van der Waals surface area contributed by atoms with Gasteiger partial charge in [0.05, 0.1) is 5.56 Å². The highest BCUT2D eigenvalue weighted by Gasteiger charge is 2.24. The third-order valence-corrected chi connectivity index (χ3v) is 3.14. The SMILES string of the molecule is O=C(O)c1ccc(CNC(=O)C2CCC2)cc1. The molecule has 90 valence electrons. The van der Waals surface area contributed by atoms with Crippen molar-refractivity contribution in [3.05, 3.63) is 35.4 Å². The molecular weight excluding hydrogens is 218 g/mol. The smallest absolute Gasteiger partial charge is 0.335 e. The molecule has 4 nitrogen and oxygen atoms in total. The maximum atomic E-state index is 11.6. The highest BCUT2D eigenvalue weighted by atomic mass is 16.4. The lowest BCUT2D eigenvalue weighted by Gasteiger charge is -2.24. The van der Waals surface area contributed by atoms with Crippen molar-refractivity contribution in [1.29, 1.82) is 0 Å². The molecule has 0 aromatic heterocycles. The summed E-state index contributed by atoms with van der Waals surface area (Å²) in [7, 11) is 0. The first-order chi connectivity index (χ1) is 8.16. The van der Waals surface area contributed by atoms with E-state index in [9.17, 15) is 9.59 Å². The molecule has 0 bridgehead atoms. The summed E-state index contributed by atoms with van der Waals surface area (Å²) in [5.41, 5.74) is 1.18. The Balaban J connectivity index is 1.86. The lowest BCUT2D eigenvalue weighted by atomic mass is 9.85. The van der Waals surface area contributed by atoms with Crippen molar-refractivity contribution < 1.29 is 14.7 Å². The molecule has 0 atom stereocenters. The van der Waals surface area contributed by atoms with Gasteiger partial charge in [0.25, 0.3) is 0 Å². The summed E-state index contributed by atoms with van der Waals surface area (Å²) in [5, 5.41) is 11.6. The van der Waals surface area contributed by atoms with E-state index in [0.717, 1.165) is 24.8 Å². The number of carboxylic acid groups (broad SMARTS) is 1. The number of benzene rings is 1. The summed E-state index contributed by atoms with van der Waals surface area (Å²) in [6.45, 7) is 0.467. The molecule has 1 saturated carbocycles. The minimum atomic E-state index is -0.935. The fourth-order valence-electron chi connectivity index (χ4n) is 1.77. The number of carbonyl (C=O) groups is 2. The Kier molecular flexibility index (Phi) is 3.42. The molecule has 1 aromatic rings. The maximum absolute atomic E-state index is 11.6. The highest BCUT2D eigenvalue weighted by molar-refractivity contribution is 5.87. The summed E-state index contributed by atoms with van der Waals surface area (Å²) in [4.78, 5) is 22.2. The maximum Gasteiger partial charge on any atom is 0.335 e. The normalized spacial score (nSPS) is 15.1. The number of amides is 1. The minimum Gasteiger partial charge on any atom is -0.478 e. The van der Waals surface area contributed by atoms with Gasteiger partial charge in [0.15, 0.2) is 0 Å². The molecule has 1 amide bonds. The number of aromatic carboxylic acids is 1. The van der Waals surface area contributed by atoms with Crippen molar-refractivity contribution in [3.8, 4) is 0 Å². The van der Waals surface area contributed by atoms with Crippen LogP contribution in [0.1, 0.15) is 35.2 Å². The number of carboxylic acids is 1. The van der Waals surface area contributed by atoms with E-state index in [1.165, 1.54) is 0 Å². The summed E-state index contributed by atoms with van der Waals surface area (Å²) in [5.74, 6) is -0.637. The second-order valence-electron chi connectivity index (χ2n) is 4.35. The molecular formula is C13H15NO3. The predicted octanol–water partition coefficient (Wildman–Crippen LogP) is 1.80. The lowest BCUT2D eigenvalue weighted by Crippen LogP contribution is -2.33. The highest BCUT2D eigenvalue weighted by Crippen LogP contribution is 2.26. The first kappa shape index (κ1) is 11.6. The molecule has 4 heteroatoms. The van der Waals surface area contributed by atoms with E-state index in [1.54, 1.807) is 24.3 Å². The van der Waals surface area contributed by atoms with Gasteiger partial charge in [-0.05, 0) is 30.5 Å². The van der Waals surface area contributed by atoms with Gasteiger partial charge >= 0.3 is 5.97 Å². The molecule has 0 unspecified atom stereocenters. The fourth-order valence-corrected chi connectivity index (χ4v) is 1.77. The molecule has 2 rings (SSSR count). The van der Waals surface area contributed by atoms with Gasteiger partial charge in [-0.2, -0.15) is 0 Å². The van der Waals surface area contributed by atoms with Crippen molar-refractivity contribution >= 4 is 11.9 Å². The zero-order valence-electron chi connectivity index (χ0n) is 9.48. The van der Waals surface area contributed by atoms with Gasteiger partial charge in [-0.1, -0.05) is 18.6 Å². The summed E-state index contributed by atoms with van der Waals surface area (Å²) >= 11 is 0. The summed E-state index contributed by atoms with van der Waals surface area (Å²) < 4.78 is 0. The fraction of sp³-hybridized carbons (Fsp3) is 0.385. The average molecular weight is 233 g/mol. The van der Waals surface area contributed by atoms with Crippen molar-refractivity contribution in [3.63, 3.8) is 0 Å². The van der Waals surface area contributed by atoms with Crippen LogP contribution in [0.4, 0.5) is 0 Å². The Morgan fingerprint density at radius 2 is 1.88 bits per heavy atom. The van der Waals surface area contributed by atoms with Crippen LogP contribution >= 0.6 is 0 Å². The van der Waals surface area contributed by atoms with Gasteiger partial charge in [-0.3, -0.25) is 4.79 Å². The van der Waals surface area contributed by atoms with E-state index in [-0.39, 0.29) is 17.4 Å². The van der Waals surface area contributed by atoms with E-state index in [4.69, 9.17) is 5.11 Å². The molecule has 0 spiro atoms. The second kappa shape index (κ2) is 4.99. The van der Waals surface area contributed by atoms with Crippen molar-refractivity contribution in [2.75, 3.05) is 0 Å². The summed E-state index contributed by atoms with van der Waals surface area (Å²) in [6, 6.07) is 6.55. The zero-order chi connectivity index (χ0) is 12.3. The Hall–Kier alpha value is -1.84. The van der Waals surface area contributed by atoms with Gasteiger partial charge in [0, 0.05) is 12.5 Å². The summed E-state index contributed by atoms with van der Waals surface area (Å²) in [6.07, 6.45) is 3.12. The third kappa shape index (κ3) is 2.84. The van der Waals surface area contributed by atoms with E-state index in [1.807, 2.05) is 0 Å². The Morgan fingerprint density at radius 3 is 2.35 bits per heavy atom. The minimum absolute atomic E-state index is 0.110. The topological polar surface area (TPSA) is 66.4 Å². The van der Waals surface area contributed by atoms with Crippen molar-refractivity contribution in [2.24, 2.45) is 5.92 Å². The van der Waals surface area contributed by atoms with Crippen LogP contribution in [-0.2, 0) is 11.3 Å². The van der Waals surface area contributed by atoms with Crippen LogP contribution in [0.3, 0.4) is 0 Å². The van der Waals surface area contributed by atoms with Gasteiger partial charge in [-0.25, -0.2) is 4.79 Å². The van der Waals surface area contributed by atoms with Crippen LogP contribution in [0.2, 0.25) is 0 Å². The average Bonchev–Trinajstić information content (AvgIpc) is 2.24. The molecule has 1 aromatic carbocycles. The molecule has 1 aliphatic rings. The van der Waals surface area contributed by atoms with Crippen LogP contribution in [0, 0.1) is 5.92 Å². The van der Waals surface area contributed by atoms with Crippen LogP contribution in [-0.4, -0.2) is 17.0 Å². The molecule has 0 saturated heterocycles.